The minimum Gasteiger partial charge on any atom is -0.377 e. The monoisotopic (exact) mass is 443 g/mol. The Kier molecular flexibility index (Phi) is 6.21. The highest BCUT2D eigenvalue weighted by Crippen LogP contribution is 2.41. The molecule has 3 aromatic rings. The fourth-order valence-electron chi connectivity index (χ4n) is 4.75. The van der Waals surface area contributed by atoms with Gasteiger partial charge in [-0.05, 0) is 62.9 Å². The number of aromatic nitrogens is 3. The summed E-state index contributed by atoms with van der Waals surface area (Å²) in [6, 6.07) is 7.97. The van der Waals surface area contributed by atoms with Crippen molar-refractivity contribution in [1.82, 2.24) is 14.1 Å². The van der Waals surface area contributed by atoms with Crippen LogP contribution in [0.25, 0.3) is 22.2 Å². The molecule has 2 heterocycles. The molecule has 1 unspecified atom stereocenters. The third kappa shape index (κ3) is 4.49. The Morgan fingerprint density at radius 2 is 1.94 bits per heavy atom. The van der Waals surface area contributed by atoms with Crippen LogP contribution in [0, 0.1) is 6.92 Å². The molecule has 0 bridgehead atoms. The lowest BCUT2D eigenvalue weighted by atomic mass is 9.86. The summed E-state index contributed by atoms with van der Waals surface area (Å²) in [6.45, 7) is 7.03. The lowest BCUT2D eigenvalue weighted by molar-refractivity contribution is -0.0391. The molecule has 1 aromatic carbocycles. The summed E-state index contributed by atoms with van der Waals surface area (Å²) >= 11 is 0. The van der Waals surface area contributed by atoms with Crippen LogP contribution in [0.15, 0.2) is 35.3 Å². The fraction of sp³-hybridized carbons (Fsp3) is 0.520. The Labute approximate surface area is 187 Å². The average Bonchev–Trinajstić information content (AvgIpc) is 3.09. The minimum absolute atomic E-state index is 0.0122. The van der Waals surface area contributed by atoms with Gasteiger partial charge in [-0.15, -0.1) is 0 Å². The first-order valence-corrected chi connectivity index (χ1v) is 11.4. The minimum atomic E-state index is -2.57. The Hall–Kier alpha value is -2.54. The molecule has 0 N–H and O–H groups in total. The Morgan fingerprint density at radius 1 is 1.22 bits per heavy atom. The van der Waals surface area contributed by atoms with E-state index < -0.39 is 5.92 Å². The molecule has 1 fully saturated rings. The lowest BCUT2D eigenvalue weighted by Gasteiger charge is -2.28. The van der Waals surface area contributed by atoms with E-state index in [9.17, 15) is 13.6 Å². The Morgan fingerprint density at radius 3 is 2.59 bits per heavy atom. The van der Waals surface area contributed by atoms with Crippen LogP contribution in [0.1, 0.15) is 56.8 Å². The maximum absolute atomic E-state index is 13.8. The molecule has 0 aliphatic heterocycles. The first-order chi connectivity index (χ1) is 15.2. The van der Waals surface area contributed by atoms with Crippen LogP contribution >= 0.6 is 0 Å². The van der Waals surface area contributed by atoms with Crippen molar-refractivity contribution in [2.24, 2.45) is 7.05 Å². The number of hydrogen-bond donors (Lipinski definition) is 0. The van der Waals surface area contributed by atoms with Gasteiger partial charge < -0.3 is 13.9 Å². The quantitative estimate of drug-likeness (QED) is 0.511. The van der Waals surface area contributed by atoms with E-state index in [1.807, 2.05) is 45.2 Å². The SMILES string of the molecule is CCOC(C)Cn1c(C2CCC(F)(F)CC2)nc2ccc(-c3cc(C)c(=O)n(C)c3)cc21. The van der Waals surface area contributed by atoms with E-state index in [0.717, 1.165) is 28.0 Å². The molecule has 1 atom stereocenters. The van der Waals surface area contributed by atoms with Crippen LogP contribution < -0.4 is 5.56 Å². The van der Waals surface area contributed by atoms with Gasteiger partial charge in [-0.3, -0.25) is 4.79 Å². The van der Waals surface area contributed by atoms with Crippen molar-refractivity contribution < 1.29 is 13.5 Å². The number of nitrogens with zero attached hydrogens (tertiary/aromatic N) is 3. The largest absolute Gasteiger partial charge is 0.377 e. The van der Waals surface area contributed by atoms with E-state index in [1.54, 1.807) is 11.6 Å². The lowest BCUT2D eigenvalue weighted by Crippen LogP contribution is -2.26. The van der Waals surface area contributed by atoms with Crippen molar-refractivity contribution in [2.75, 3.05) is 6.61 Å². The first-order valence-electron chi connectivity index (χ1n) is 11.4. The van der Waals surface area contributed by atoms with Gasteiger partial charge in [0.15, 0.2) is 0 Å². The van der Waals surface area contributed by atoms with E-state index in [4.69, 9.17) is 9.72 Å². The summed E-state index contributed by atoms with van der Waals surface area (Å²) < 4.78 is 37.1. The highest BCUT2D eigenvalue weighted by molar-refractivity contribution is 5.82. The molecule has 172 valence electrons. The van der Waals surface area contributed by atoms with Crippen molar-refractivity contribution in [3.05, 3.63) is 52.2 Å². The van der Waals surface area contributed by atoms with E-state index >= 15 is 0 Å². The van der Waals surface area contributed by atoms with E-state index in [2.05, 4.69) is 10.6 Å². The van der Waals surface area contributed by atoms with Gasteiger partial charge in [0.1, 0.15) is 5.82 Å². The zero-order valence-electron chi connectivity index (χ0n) is 19.2. The van der Waals surface area contributed by atoms with Crippen molar-refractivity contribution in [2.45, 2.75) is 70.9 Å². The zero-order chi connectivity index (χ0) is 23.0. The topological polar surface area (TPSA) is 49.1 Å². The smallest absolute Gasteiger partial charge is 0.253 e. The number of benzene rings is 1. The number of alkyl halides is 2. The summed E-state index contributed by atoms with van der Waals surface area (Å²) in [6.07, 6.45) is 2.50. The molecule has 0 spiro atoms. The molecule has 4 rings (SSSR count). The second-order valence-corrected chi connectivity index (χ2v) is 9.01. The molecule has 1 saturated carbocycles. The average molecular weight is 444 g/mol. The number of rotatable bonds is 6. The highest BCUT2D eigenvalue weighted by Gasteiger charge is 2.37. The van der Waals surface area contributed by atoms with Crippen LogP contribution in [0.2, 0.25) is 0 Å². The van der Waals surface area contributed by atoms with Gasteiger partial charge >= 0.3 is 0 Å². The number of halogens is 2. The molecule has 32 heavy (non-hydrogen) atoms. The van der Waals surface area contributed by atoms with Crippen molar-refractivity contribution >= 4 is 11.0 Å². The van der Waals surface area contributed by atoms with Gasteiger partial charge in [0.2, 0.25) is 5.92 Å². The molecular formula is C25H31F2N3O2. The molecule has 1 aliphatic rings. The third-order valence-electron chi connectivity index (χ3n) is 6.45. The van der Waals surface area contributed by atoms with Crippen molar-refractivity contribution in [3.8, 4) is 11.1 Å². The van der Waals surface area contributed by atoms with Gasteiger partial charge in [0.25, 0.3) is 5.56 Å². The number of pyridine rings is 1. The summed E-state index contributed by atoms with van der Waals surface area (Å²) in [5.41, 5.74) is 4.44. The molecular weight excluding hydrogens is 412 g/mol. The molecule has 5 nitrogen and oxygen atoms in total. The summed E-state index contributed by atoms with van der Waals surface area (Å²) in [5, 5.41) is 0. The van der Waals surface area contributed by atoms with Crippen LogP contribution in [-0.4, -0.2) is 32.8 Å². The highest BCUT2D eigenvalue weighted by atomic mass is 19.3. The molecule has 1 aliphatic carbocycles. The second kappa shape index (κ2) is 8.77. The second-order valence-electron chi connectivity index (χ2n) is 9.01. The number of hydrogen-bond acceptors (Lipinski definition) is 3. The molecule has 0 saturated heterocycles. The number of fused-ring (bicyclic) bond motifs is 1. The number of ether oxygens (including phenoxy) is 1. The van der Waals surface area contributed by atoms with E-state index in [0.29, 0.717) is 31.6 Å². The van der Waals surface area contributed by atoms with Gasteiger partial charge in [-0.1, -0.05) is 6.07 Å². The first kappa shape index (κ1) is 22.6. The third-order valence-corrected chi connectivity index (χ3v) is 6.45. The molecule has 7 heteroatoms. The van der Waals surface area contributed by atoms with Crippen LogP contribution in [0.4, 0.5) is 8.78 Å². The Bertz CT molecular complexity index is 1150. The number of imidazole rings is 1. The summed E-state index contributed by atoms with van der Waals surface area (Å²) in [5.74, 6) is -1.69. The molecule has 2 aromatic heterocycles. The maximum Gasteiger partial charge on any atom is 0.253 e. The van der Waals surface area contributed by atoms with Crippen LogP contribution in [0.3, 0.4) is 0 Å². The number of aryl methyl sites for hydroxylation is 2. The van der Waals surface area contributed by atoms with Gasteiger partial charge in [-0.2, -0.15) is 0 Å². The van der Waals surface area contributed by atoms with Gasteiger partial charge in [-0.25, -0.2) is 13.8 Å². The van der Waals surface area contributed by atoms with E-state index in [1.165, 1.54) is 0 Å². The molecule has 0 amide bonds. The summed E-state index contributed by atoms with van der Waals surface area (Å²) in [7, 11) is 1.75. The van der Waals surface area contributed by atoms with Crippen LogP contribution in [-0.2, 0) is 18.3 Å². The van der Waals surface area contributed by atoms with Crippen molar-refractivity contribution in [3.63, 3.8) is 0 Å². The van der Waals surface area contributed by atoms with Gasteiger partial charge in [0, 0.05) is 44.2 Å². The van der Waals surface area contributed by atoms with Crippen LogP contribution in [0.5, 0.6) is 0 Å². The van der Waals surface area contributed by atoms with E-state index in [-0.39, 0.29) is 30.4 Å². The predicted octanol–water partition coefficient (Wildman–Crippen LogP) is 5.43. The zero-order valence-corrected chi connectivity index (χ0v) is 19.2. The normalized spacial score (nSPS) is 17.7. The summed E-state index contributed by atoms with van der Waals surface area (Å²) in [4.78, 5) is 17.0. The predicted molar refractivity (Wildman–Crippen MR) is 122 cm³/mol. The molecule has 0 radical (unpaired) electrons. The fourth-order valence-corrected chi connectivity index (χ4v) is 4.75. The van der Waals surface area contributed by atoms with Gasteiger partial charge in [0.05, 0.1) is 23.7 Å². The maximum atomic E-state index is 13.8. The van der Waals surface area contributed by atoms with Crippen molar-refractivity contribution in [1.29, 1.82) is 0 Å². The Balaban J connectivity index is 1.79. The standard InChI is InChI=1S/C25H31F2N3O2/c1-5-32-17(3)14-30-22-13-19(20-12-16(2)24(31)29(4)15-20)6-7-21(22)28-23(30)18-8-10-25(26,27)11-9-18/h6-7,12-13,15,17-18H,5,8-11,14H2,1-4H3.